The first-order valence-corrected chi connectivity index (χ1v) is 10.1. The van der Waals surface area contributed by atoms with Gasteiger partial charge in [0, 0.05) is 17.7 Å². The molecule has 128 valence electrons. The van der Waals surface area contributed by atoms with E-state index in [9.17, 15) is 17.6 Å². The van der Waals surface area contributed by atoms with Crippen molar-refractivity contribution in [3.63, 3.8) is 0 Å². The molecule has 0 radical (unpaired) electrons. The van der Waals surface area contributed by atoms with Crippen LogP contribution < -0.4 is 5.32 Å². The summed E-state index contributed by atoms with van der Waals surface area (Å²) in [6.07, 6.45) is 5.15. The molecule has 0 heterocycles. The maximum Gasteiger partial charge on any atom is 0.224 e. The second kappa shape index (κ2) is 7.43. The van der Waals surface area contributed by atoms with Gasteiger partial charge in [0.05, 0.1) is 11.8 Å². The molecule has 2 rings (SSSR count). The summed E-state index contributed by atoms with van der Waals surface area (Å²) in [5.74, 6) is -1.33. The molecular weight excluding hydrogens is 317 g/mol. The third kappa shape index (κ3) is 5.03. The average Bonchev–Trinajstić information content (AvgIpc) is 2.97. The monoisotopic (exact) mass is 341 g/mol. The molecule has 1 N–H and O–H groups in total. The Bertz CT molecular complexity index is 654. The molecule has 4 nitrogen and oxygen atoms in total. The quantitative estimate of drug-likeness (QED) is 0.865. The van der Waals surface area contributed by atoms with Gasteiger partial charge in [0.1, 0.15) is 15.7 Å². The molecule has 6 heteroatoms. The molecule has 0 spiro atoms. The van der Waals surface area contributed by atoms with Gasteiger partial charge in [-0.05, 0) is 24.8 Å². The second-order valence-corrected chi connectivity index (χ2v) is 8.73. The minimum Gasteiger partial charge on any atom is -0.349 e. The summed E-state index contributed by atoms with van der Waals surface area (Å²) in [5, 5.41) is 2.90. The number of halogens is 1. The van der Waals surface area contributed by atoms with Crippen LogP contribution in [0.15, 0.2) is 24.3 Å². The first-order chi connectivity index (χ1) is 10.8. The molecule has 1 aliphatic carbocycles. The molecule has 0 bridgehead atoms. The summed E-state index contributed by atoms with van der Waals surface area (Å²) in [7, 11) is -3.23. The van der Waals surface area contributed by atoms with E-state index in [4.69, 9.17) is 0 Å². The standard InChI is InChI=1S/C17H24FNO3S/c1-12(11-23(2,21)22)17(20)19-16(13-7-3-4-8-13)14-9-5-6-10-15(14)18/h5-6,9-10,12-13,16H,3-4,7-8,11H2,1-2H3,(H,19,20). The number of benzene rings is 1. The fourth-order valence-electron chi connectivity index (χ4n) is 3.29. The van der Waals surface area contributed by atoms with Crippen LogP contribution in [-0.4, -0.2) is 26.3 Å². The van der Waals surface area contributed by atoms with Crippen molar-refractivity contribution in [2.45, 2.75) is 38.6 Å². The van der Waals surface area contributed by atoms with Gasteiger partial charge in [-0.3, -0.25) is 4.79 Å². The van der Waals surface area contributed by atoms with Gasteiger partial charge in [-0.25, -0.2) is 12.8 Å². The lowest BCUT2D eigenvalue weighted by atomic mass is 9.90. The molecule has 1 aliphatic rings. The molecule has 0 saturated heterocycles. The Kier molecular flexibility index (Phi) is 5.79. The Labute approximate surface area is 137 Å². The fraction of sp³-hybridized carbons (Fsp3) is 0.588. The van der Waals surface area contributed by atoms with Crippen molar-refractivity contribution >= 4 is 15.7 Å². The molecule has 1 amide bonds. The Morgan fingerprint density at radius 3 is 2.48 bits per heavy atom. The lowest BCUT2D eigenvalue weighted by Crippen LogP contribution is -2.38. The van der Waals surface area contributed by atoms with Crippen molar-refractivity contribution in [2.75, 3.05) is 12.0 Å². The lowest BCUT2D eigenvalue weighted by molar-refractivity contribution is -0.125. The molecule has 2 unspecified atom stereocenters. The van der Waals surface area contributed by atoms with Crippen molar-refractivity contribution in [1.82, 2.24) is 5.32 Å². The average molecular weight is 341 g/mol. The Morgan fingerprint density at radius 2 is 1.91 bits per heavy atom. The predicted octanol–water partition coefficient (Wildman–Crippen LogP) is 2.85. The number of amides is 1. The van der Waals surface area contributed by atoms with Crippen LogP contribution in [0.3, 0.4) is 0 Å². The Morgan fingerprint density at radius 1 is 1.30 bits per heavy atom. The zero-order valence-electron chi connectivity index (χ0n) is 13.6. The van der Waals surface area contributed by atoms with Gasteiger partial charge in [-0.15, -0.1) is 0 Å². The van der Waals surface area contributed by atoms with Crippen LogP contribution in [0.5, 0.6) is 0 Å². The highest BCUT2D eigenvalue weighted by molar-refractivity contribution is 7.90. The van der Waals surface area contributed by atoms with E-state index in [-0.39, 0.29) is 23.4 Å². The summed E-state index contributed by atoms with van der Waals surface area (Å²) >= 11 is 0. The van der Waals surface area contributed by atoms with E-state index >= 15 is 0 Å². The van der Waals surface area contributed by atoms with Gasteiger partial charge in [-0.2, -0.15) is 0 Å². The van der Waals surface area contributed by atoms with Gasteiger partial charge in [-0.1, -0.05) is 38.0 Å². The highest BCUT2D eigenvalue weighted by atomic mass is 32.2. The minimum absolute atomic E-state index is 0.196. The first-order valence-electron chi connectivity index (χ1n) is 8.00. The van der Waals surface area contributed by atoms with Crippen LogP contribution in [0.4, 0.5) is 4.39 Å². The molecule has 0 aliphatic heterocycles. The zero-order valence-corrected chi connectivity index (χ0v) is 14.4. The largest absolute Gasteiger partial charge is 0.349 e. The molecular formula is C17H24FNO3S. The Balaban J connectivity index is 2.18. The number of nitrogens with one attached hydrogen (secondary N) is 1. The third-order valence-corrected chi connectivity index (χ3v) is 5.52. The van der Waals surface area contributed by atoms with Gasteiger partial charge in [0.15, 0.2) is 0 Å². The van der Waals surface area contributed by atoms with Gasteiger partial charge in [0.25, 0.3) is 0 Å². The van der Waals surface area contributed by atoms with Crippen LogP contribution in [0.25, 0.3) is 0 Å². The van der Waals surface area contributed by atoms with E-state index in [1.54, 1.807) is 25.1 Å². The predicted molar refractivity (Wildman–Crippen MR) is 88.1 cm³/mol. The first kappa shape index (κ1) is 17.9. The SMILES string of the molecule is CC(CS(C)(=O)=O)C(=O)NC(c1ccccc1F)C1CCCC1. The van der Waals surface area contributed by atoms with Crippen LogP contribution in [0, 0.1) is 17.7 Å². The molecule has 1 saturated carbocycles. The van der Waals surface area contributed by atoms with E-state index in [2.05, 4.69) is 5.32 Å². The van der Waals surface area contributed by atoms with Crippen molar-refractivity contribution < 1.29 is 17.6 Å². The smallest absolute Gasteiger partial charge is 0.224 e. The molecule has 1 aromatic rings. The van der Waals surface area contributed by atoms with E-state index in [1.165, 1.54) is 6.07 Å². The maximum atomic E-state index is 14.2. The number of carbonyl (C=O) groups is 1. The summed E-state index contributed by atoms with van der Waals surface area (Å²) in [4.78, 5) is 12.4. The molecule has 2 atom stereocenters. The number of hydrogen-bond donors (Lipinski definition) is 1. The number of carbonyl (C=O) groups excluding carboxylic acids is 1. The highest BCUT2D eigenvalue weighted by Crippen LogP contribution is 2.36. The summed E-state index contributed by atoms with van der Waals surface area (Å²) in [6.45, 7) is 1.59. The number of sulfone groups is 1. The fourth-order valence-corrected chi connectivity index (χ4v) is 4.35. The van der Waals surface area contributed by atoms with Crippen LogP contribution >= 0.6 is 0 Å². The zero-order chi connectivity index (χ0) is 17.0. The van der Waals surface area contributed by atoms with Crippen molar-refractivity contribution in [3.05, 3.63) is 35.6 Å². The van der Waals surface area contributed by atoms with Crippen LogP contribution in [0.1, 0.15) is 44.2 Å². The van der Waals surface area contributed by atoms with E-state index in [0.29, 0.717) is 5.56 Å². The Hall–Kier alpha value is -1.43. The van der Waals surface area contributed by atoms with Crippen molar-refractivity contribution in [3.8, 4) is 0 Å². The molecule has 23 heavy (non-hydrogen) atoms. The normalized spacial score (nSPS) is 18.6. The van der Waals surface area contributed by atoms with Gasteiger partial charge >= 0.3 is 0 Å². The molecule has 1 fully saturated rings. The minimum atomic E-state index is -3.23. The van der Waals surface area contributed by atoms with E-state index in [0.717, 1.165) is 31.9 Å². The molecule has 1 aromatic carbocycles. The van der Waals surface area contributed by atoms with Gasteiger partial charge in [0.2, 0.25) is 5.91 Å². The molecule has 0 aromatic heterocycles. The van der Waals surface area contributed by atoms with E-state index < -0.39 is 21.8 Å². The van der Waals surface area contributed by atoms with E-state index in [1.807, 2.05) is 0 Å². The summed E-state index contributed by atoms with van der Waals surface area (Å²) in [5.41, 5.74) is 0.485. The van der Waals surface area contributed by atoms with Gasteiger partial charge < -0.3 is 5.32 Å². The second-order valence-electron chi connectivity index (χ2n) is 6.55. The summed E-state index contributed by atoms with van der Waals surface area (Å²) in [6, 6.07) is 6.07. The number of rotatable bonds is 6. The maximum absolute atomic E-state index is 14.2. The topological polar surface area (TPSA) is 63.2 Å². The lowest BCUT2D eigenvalue weighted by Gasteiger charge is -2.27. The van der Waals surface area contributed by atoms with Crippen LogP contribution in [-0.2, 0) is 14.6 Å². The van der Waals surface area contributed by atoms with Crippen LogP contribution in [0.2, 0.25) is 0 Å². The highest BCUT2D eigenvalue weighted by Gasteiger charge is 2.31. The van der Waals surface area contributed by atoms with Crippen molar-refractivity contribution in [1.29, 1.82) is 0 Å². The third-order valence-electron chi connectivity index (χ3n) is 4.41. The number of hydrogen-bond acceptors (Lipinski definition) is 3. The van der Waals surface area contributed by atoms with Crippen molar-refractivity contribution in [2.24, 2.45) is 11.8 Å². The summed E-state index contributed by atoms with van der Waals surface area (Å²) < 4.78 is 36.9.